The Hall–Kier alpha value is -1.77. The van der Waals surface area contributed by atoms with Gasteiger partial charge in [0.2, 0.25) is 0 Å². The molecule has 0 bridgehead atoms. The standard InChI is InChI=1S/C16H20O3/c1-4-5-6-14-11(2)15(19-16(14)17)12-7-9-13(18-3)10-8-12/h4-5,7-11,14-15H,6H2,1-3H3/b5-4+/t11-,14?,15?/m0/s1. The predicted molar refractivity (Wildman–Crippen MR) is 73.9 cm³/mol. The van der Waals surface area contributed by atoms with Crippen LogP contribution in [-0.2, 0) is 9.53 Å². The molecule has 0 aromatic heterocycles. The van der Waals surface area contributed by atoms with Crippen LogP contribution in [0.1, 0.15) is 31.9 Å². The quantitative estimate of drug-likeness (QED) is 0.614. The van der Waals surface area contributed by atoms with Gasteiger partial charge in [-0.15, -0.1) is 0 Å². The molecule has 19 heavy (non-hydrogen) atoms. The first kappa shape index (κ1) is 13.7. The van der Waals surface area contributed by atoms with Gasteiger partial charge in [-0.3, -0.25) is 4.79 Å². The smallest absolute Gasteiger partial charge is 0.310 e. The topological polar surface area (TPSA) is 35.5 Å². The van der Waals surface area contributed by atoms with Gasteiger partial charge in [-0.2, -0.15) is 0 Å². The van der Waals surface area contributed by atoms with Crippen LogP contribution in [0, 0.1) is 11.8 Å². The zero-order valence-corrected chi connectivity index (χ0v) is 11.6. The van der Waals surface area contributed by atoms with Crippen molar-refractivity contribution in [2.45, 2.75) is 26.4 Å². The van der Waals surface area contributed by atoms with Crippen LogP contribution in [-0.4, -0.2) is 13.1 Å². The lowest BCUT2D eigenvalue weighted by atomic mass is 9.86. The van der Waals surface area contributed by atoms with Gasteiger partial charge in [0.15, 0.2) is 0 Å². The van der Waals surface area contributed by atoms with Crippen LogP contribution in [0.5, 0.6) is 5.75 Å². The number of methoxy groups -OCH3 is 1. The average molecular weight is 260 g/mol. The largest absolute Gasteiger partial charge is 0.497 e. The van der Waals surface area contributed by atoms with Crippen molar-refractivity contribution in [2.24, 2.45) is 11.8 Å². The van der Waals surface area contributed by atoms with Gasteiger partial charge in [0.05, 0.1) is 13.0 Å². The van der Waals surface area contributed by atoms with Gasteiger partial charge < -0.3 is 9.47 Å². The third kappa shape index (κ3) is 2.80. The van der Waals surface area contributed by atoms with Crippen molar-refractivity contribution in [1.82, 2.24) is 0 Å². The van der Waals surface area contributed by atoms with Crippen LogP contribution in [0.15, 0.2) is 36.4 Å². The first-order valence-electron chi connectivity index (χ1n) is 6.63. The first-order chi connectivity index (χ1) is 9.17. The number of hydrogen-bond acceptors (Lipinski definition) is 3. The summed E-state index contributed by atoms with van der Waals surface area (Å²) < 4.78 is 10.7. The monoisotopic (exact) mass is 260 g/mol. The molecule has 0 spiro atoms. The van der Waals surface area contributed by atoms with E-state index in [1.54, 1.807) is 7.11 Å². The molecule has 1 heterocycles. The van der Waals surface area contributed by atoms with Gasteiger partial charge in [0.25, 0.3) is 0 Å². The van der Waals surface area contributed by atoms with E-state index in [-0.39, 0.29) is 23.9 Å². The fraction of sp³-hybridized carbons (Fsp3) is 0.438. The fourth-order valence-electron chi connectivity index (χ4n) is 2.50. The van der Waals surface area contributed by atoms with Crippen LogP contribution in [0.25, 0.3) is 0 Å². The summed E-state index contributed by atoms with van der Waals surface area (Å²) in [6.07, 6.45) is 4.61. The maximum absolute atomic E-state index is 11.9. The number of esters is 1. The lowest BCUT2D eigenvalue weighted by Crippen LogP contribution is -2.13. The first-order valence-corrected chi connectivity index (χ1v) is 6.63. The molecule has 1 fully saturated rings. The molecular formula is C16H20O3. The van der Waals surface area contributed by atoms with Crippen molar-refractivity contribution in [2.75, 3.05) is 7.11 Å². The minimum atomic E-state index is -0.145. The average Bonchev–Trinajstić information content (AvgIpc) is 2.72. The molecule has 1 aliphatic heterocycles. The number of carbonyl (C=O) groups excluding carboxylic acids is 1. The summed E-state index contributed by atoms with van der Waals surface area (Å²) in [6, 6.07) is 7.72. The molecule has 3 atom stereocenters. The van der Waals surface area contributed by atoms with Crippen LogP contribution in [0.3, 0.4) is 0 Å². The molecule has 0 saturated carbocycles. The van der Waals surface area contributed by atoms with Crippen LogP contribution in [0.2, 0.25) is 0 Å². The Morgan fingerprint density at radius 1 is 1.32 bits per heavy atom. The molecule has 0 radical (unpaired) electrons. The van der Waals surface area contributed by atoms with Gasteiger partial charge in [-0.1, -0.05) is 31.2 Å². The number of carbonyl (C=O) groups is 1. The Kier molecular flexibility index (Phi) is 4.25. The summed E-state index contributed by atoms with van der Waals surface area (Å²) in [5, 5.41) is 0. The van der Waals surface area contributed by atoms with Gasteiger partial charge >= 0.3 is 5.97 Å². The van der Waals surface area contributed by atoms with Crippen molar-refractivity contribution in [3.05, 3.63) is 42.0 Å². The normalized spacial score (nSPS) is 26.7. The van der Waals surface area contributed by atoms with Crippen molar-refractivity contribution in [3.8, 4) is 5.75 Å². The lowest BCUT2D eigenvalue weighted by Gasteiger charge is -2.16. The van der Waals surface area contributed by atoms with Crippen LogP contribution >= 0.6 is 0 Å². The highest BCUT2D eigenvalue weighted by Crippen LogP contribution is 2.40. The molecule has 0 amide bonds. The lowest BCUT2D eigenvalue weighted by molar-refractivity contribution is -0.144. The number of benzene rings is 1. The van der Waals surface area contributed by atoms with E-state index in [0.717, 1.165) is 17.7 Å². The molecule has 102 valence electrons. The second kappa shape index (κ2) is 5.91. The Labute approximate surface area is 114 Å². The third-order valence-electron chi connectivity index (χ3n) is 3.73. The highest BCUT2D eigenvalue weighted by molar-refractivity contribution is 5.75. The van der Waals surface area contributed by atoms with Crippen molar-refractivity contribution in [3.63, 3.8) is 0 Å². The summed E-state index contributed by atoms with van der Waals surface area (Å²) >= 11 is 0. The number of ether oxygens (including phenoxy) is 2. The zero-order chi connectivity index (χ0) is 13.8. The highest BCUT2D eigenvalue weighted by Gasteiger charge is 2.41. The van der Waals surface area contributed by atoms with E-state index in [4.69, 9.17) is 9.47 Å². The SMILES string of the molecule is C/C=C/CC1C(=O)OC(c2ccc(OC)cc2)[C@H]1C. The van der Waals surface area contributed by atoms with E-state index < -0.39 is 0 Å². The highest BCUT2D eigenvalue weighted by atomic mass is 16.6. The minimum Gasteiger partial charge on any atom is -0.497 e. The maximum atomic E-state index is 11.9. The number of rotatable bonds is 4. The Bertz CT molecular complexity index is 461. The molecule has 3 nitrogen and oxygen atoms in total. The molecule has 1 saturated heterocycles. The number of hydrogen-bond donors (Lipinski definition) is 0. The summed E-state index contributed by atoms with van der Waals surface area (Å²) in [7, 11) is 1.64. The van der Waals surface area contributed by atoms with Gasteiger partial charge in [0.1, 0.15) is 11.9 Å². The zero-order valence-electron chi connectivity index (χ0n) is 11.6. The molecule has 2 unspecified atom stereocenters. The van der Waals surface area contributed by atoms with Crippen molar-refractivity contribution in [1.29, 1.82) is 0 Å². The predicted octanol–water partition coefficient (Wildman–Crippen LogP) is 3.51. The second-order valence-corrected chi connectivity index (χ2v) is 4.90. The number of cyclic esters (lactones) is 1. The van der Waals surface area contributed by atoms with E-state index in [0.29, 0.717) is 0 Å². The fourth-order valence-corrected chi connectivity index (χ4v) is 2.50. The molecule has 0 N–H and O–H groups in total. The van der Waals surface area contributed by atoms with Gasteiger partial charge in [-0.05, 0) is 31.0 Å². The summed E-state index contributed by atoms with van der Waals surface area (Å²) in [5.74, 6) is 0.873. The van der Waals surface area contributed by atoms with Crippen molar-refractivity contribution < 1.29 is 14.3 Å². The molecule has 1 aromatic carbocycles. The van der Waals surface area contributed by atoms with E-state index in [1.165, 1.54) is 0 Å². The van der Waals surface area contributed by atoms with E-state index in [2.05, 4.69) is 6.92 Å². The molecule has 2 rings (SSSR count). The molecule has 1 aromatic rings. The van der Waals surface area contributed by atoms with Crippen molar-refractivity contribution >= 4 is 5.97 Å². The summed E-state index contributed by atoms with van der Waals surface area (Å²) in [6.45, 7) is 4.04. The maximum Gasteiger partial charge on any atom is 0.310 e. The van der Waals surface area contributed by atoms with E-state index in [1.807, 2.05) is 43.3 Å². The van der Waals surface area contributed by atoms with E-state index in [9.17, 15) is 4.79 Å². The Morgan fingerprint density at radius 3 is 2.58 bits per heavy atom. The Morgan fingerprint density at radius 2 is 2.00 bits per heavy atom. The molecule has 3 heteroatoms. The van der Waals surface area contributed by atoms with Crippen LogP contribution < -0.4 is 4.74 Å². The molecular weight excluding hydrogens is 240 g/mol. The molecule has 0 aliphatic carbocycles. The van der Waals surface area contributed by atoms with Crippen LogP contribution in [0.4, 0.5) is 0 Å². The van der Waals surface area contributed by atoms with Gasteiger partial charge in [0, 0.05) is 5.92 Å². The third-order valence-corrected chi connectivity index (χ3v) is 3.73. The van der Waals surface area contributed by atoms with Gasteiger partial charge in [-0.25, -0.2) is 0 Å². The Balaban J connectivity index is 2.14. The summed E-state index contributed by atoms with van der Waals surface area (Å²) in [5.41, 5.74) is 1.03. The second-order valence-electron chi connectivity index (χ2n) is 4.90. The summed E-state index contributed by atoms with van der Waals surface area (Å²) in [4.78, 5) is 11.9. The number of allylic oxidation sites excluding steroid dienone is 2. The molecule has 1 aliphatic rings. The van der Waals surface area contributed by atoms with E-state index >= 15 is 0 Å². The minimum absolute atomic E-state index is 0.0386.